The number of halogens is 1. The molecule has 27 heavy (non-hydrogen) atoms. The smallest absolute Gasteiger partial charge is 0.297 e. The zero-order valence-corrected chi connectivity index (χ0v) is 17.2. The lowest BCUT2D eigenvalue weighted by Crippen LogP contribution is -2.37. The number of hydrogen-bond acceptors (Lipinski definition) is 5. The second kappa shape index (κ2) is 8.57. The maximum atomic E-state index is 13.1. The fourth-order valence-electron chi connectivity index (χ4n) is 3.26. The summed E-state index contributed by atoms with van der Waals surface area (Å²) in [5.74, 6) is 0.874. The van der Waals surface area contributed by atoms with Gasteiger partial charge in [0.2, 0.25) is 11.7 Å². The predicted molar refractivity (Wildman–Crippen MR) is 108 cm³/mol. The molecule has 0 saturated carbocycles. The van der Waals surface area contributed by atoms with E-state index in [1.165, 1.54) is 12.6 Å². The van der Waals surface area contributed by atoms with Crippen LogP contribution in [0.3, 0.4) is 0 Å². The molecule has 142 valence electrons. The van der Waals surface area contributed by atoms with E-state index in [2.05, 4.69) is 31.9 Å². The minimum absolute atomic E-state index is 0.116. The van der Waals surface area contributed by atoms with Gasteiger partial charge in [0.15, 0.2) is 0 Å². The van der Waals surface area contributed by atoms with Crippen LogP contribution in [0.2, 0.25) is 0 Å². The Balaban J connectivity index is 2.08. The number of rotatable bonds is 5. The molecule has 0 atom stereocenters. The number of benzene rings is 1. The largest absolute Gasteiger partial charge is 0.484 e. The van der Waals surface area contributed by atoms with Gasteiger partial charge < -0.3 is 9.64 Å². The summed E-state index contributed by atoms with van der Waals surface area (Å²) in [5, 5.41) is 9.44. The Morgan fingerprint density at radius 2 is 2.04 bits per heavy atom. The molecule has 1 saturated heterocycles. The summed E-state index contributed by atoms with van der Waals surface area (Å²) in [6.45, 7) is 5.78. The summed E-state index contributed by atoms with van der Waals surface area (Å²) in [4.78, 5) is 19.8. The van der Waals surface area contributed by atoms with Gasteiger partial charge in [0, 0.05) is 17.6 Å². The van der Waals surface area contributed by atoms with Crippen LogP contribution in [0.25, 0.3) is 0 Å². The second-order valence-electron chi connectivity index (χ2n) is 6.94. The Bertz CT molecular complexity index is 911. The van der Waals surface area contributed by atoms with Crippen molar-refractivity contribution >= 4 is 21.9 Å². The maximum absolute atomic E-state index is 13.1. The van der Waals surface area contributed by atoms with E-state index in [4.69, 9.17) is 4.74 Å². The number of piperidine rings is 1. The molecule has 0 N–H and O–H groups in total. The summed E-state index contributed by atoms with van der Waals surface area (Å²) in [5.41, 5.74) is 1.10. The Labute approximate surface area is 167 Å². The highest BCUT2D eigenvalue weighted by atomic mass is 79.9. The highest BCUT2D eigenvalue weighted by molar-refractivity contribution is 9.10. The lowest BCUT2D eigenvalue weighted by atomic mass is 10.1. The van der Waals surface area contributed by atoms with Gasteiger partial charge in [0.05, 0.1) is 30.5 Å². The van der Waals surface area contributed by atoms with Gasteiger partial charge in [-0.1, -0.05) is 15.9 Å². The van der Waals surface area contributed by atoms with Gasteiger partial charge in [0.1, 0.15) is 0 Å². The Hall–Kier alpha value is -2.33. The summed E-state index contributed by atoms with van der Waals surface area (Å²) in [6.07, 6.45) is 4.77. The molecule has 0 amide bonds. The zero-order chi connectivity index (χ0) is 19.4. The molecule has 0 bridgehead atoms. The lowest BCUT2D eigenvalue weighted by Gasteiger charge is -2.30. The summed E-state index contributed by atoms with van der Waals surface area (Å²) in [7, 11) is 0. The third-order valence-electron chi connectivity index (χ3n) is 4.51. The molecule has 1 aromatic carbocycles. The molecule has 1 fully saturated rings. The van der Waals surface area contributed by atoms with E-state index >= 15 is 0 Å². The monoisotopic (exact) mass is 430 g/mol. The Morgan fingerprint density at radius 3 is 2.70 bits per heavy atom. The molecule has 6 nitrogen and oxygen atoms in total. The first kappa shape index (κ1) is 19.4. The highest BCUT2D eigenvalue weighted by Gasteiger charge is 2.20. The molecular formula is C20H23BrN4O2. The van der Waals surface area contributed by atoms with Crippen LogP contribution >= 0.6 is 15.9 Å². The number of ether oxygens (including phenoxy) is 1. The Kier molecular flexibility index (Phi) is 6.17. The van der Waals surface area contributed by atoms with Crippen molar-refractivity contribution in [3.05, 3.63) is 50.3 Å². The van der Waals surface area contributed by atoms with Crippen molar-refractivity contribution in [1.29, 1.82) is 5.26 Å². The van der Waals surface area contributed by atoms with Crippen molar-refractivity contribution in [2.45, 2.75) is 45.8 Å². The first-order valence-electron chi connectivity index (χ1n) is 9.19. The predicted octanol–water partition coefficient (Wildman–Crippen LogP) is 3.70. The minimum Gasteiger partial charge on any atom is -0.484 e. The standard InChI is InChI=1S/C20H23BrN4O2/c1-14(2)27-18-12-23-20(24-8-4-3-5-9-24)25(19(18)26)13-16-10-17(21)7-6-15(16)11-22/h6-7,10,12,14H,3-5,8-9,13H2,1-2H3. The molecule has 1 aromatic heterocycles. The van der Waals surface area contributed by atoms with E-state index in [1.54, 1.807) is 10.6 Å². The van der Waals surface area contributed by atoms with Gasteiger partial charge in [-0.05, 0) is 56.9 Å². The van der Waals surface area contributed by atoms with Crippen LogP contribution < -0.4 is 15.2 Å². The second-order valence-corrected chi connectivity index (χ2v) is 7.86. The molecule has 2 heterocycles. The number of nitriles is 1. The van der Waals surface area contributed by atoms with E-state index in [-0.39, 0.29) is 24.0 Å². The minimum atomic E-state index is -0.219. The van der Waals surface area contributed by atoms with E-state index in [0.717, 1.165) is 36.0 Å². The maximum Gasteiger partial charge on any atom is 0.297 e. The third-order valence-corrected chi connectivity index (χ3v) is 5.01. The van der Waals surface area contributed by atoms with E-state index < -0.39 is 0 Å². The van der Waals surface area contributed by atoms with Gasteiger partial charge in [-0.15, -0.1) is 0 Å². The molecule has 0 unspecified atom stereocenters. The molecule has 1 aliphatic rings. The van der Waals surface area contributed by atoms with Gasteiger partial charge in [-0.2, -0.15) is 5.26 Å². The quantitative estimate of drug-likeness (QED) is 0.722. The number of anilines is 1. The van der Waals surface area contributed by atoms with Crippen molar-refractivity contribution in [3.8, 4) is 11.8 Å². The Morgan fingerprint density at radius 1 is 1.30 bits per heavy atom. The van der Waals surface area contributed by atoms with Gasteiger partial charge >= 0.3 is 0 Å². The third kappa shape index (κ3) is 4.51. The topological polar surface area (TPSA) is 71.2 Å². The summed E-state index contributed by atoms with van der Waals surface area (Å²) < 4.78 is 8.16. The molecule has 7 heteroatoms. The number of nitrogens with zero attached hydrogens (tertiary/aromatic N) is 4. The highest BCUT2D eigenvalue weighted by Crippen LogP contribution is 2.22. The SMILES string of the molecule is CC(C)Oc1cnc(N2CCCCC2)n(Cc2cc(Br)ccc2C#N)c1=O. The molecule has 2 aromatic rings. The van der Waals surface area contributed by atoms with Gasteiger partial charge in [0.25, 0.3) is 5.56 Å². The van der Waals surface area contributed by atoms with Crippen LogP contribution in [0.1, 0.15) is 44.2 Å². The average Bonchev–Trinajstić information content (AvgIpc) is 2.65. The molecular weight excluding hydrogens is 408 g/mol. The number of hydrogen-bond donors (Lipinski definition) is 0. The summed E-state index contributed by atoms with van der Waals surface area (Å²) in [6, 6.07) is 7.67. The molecule has 1 aliphatic heterocycles. The first-order chi connectivity index (χ1) is 13.0. The van der Waals surface area contributed by atoms with Crippen LogP contribution in [-0.2, 0) is 6.54 Å². The van der Waals surface area contributed by atoms with E-state index in [0.29, 0.717) is 11.5 Å². The molecule has 0 spiro atoms. The van der Waals surface area contributed by atoms with Crippen LogP contribution in [0, 0.1) is 11.3 Å². The molecule has 0 aliphatic carbocycles. The van der Waals surface area contributed by atoms with Crippen LogP contribution in [0.4, 0.5) is 5.95 Å². The first-order valence-corrected chi connectivity index (χ1v) is 9.99. The van der Waals surface area contributed by atoms with Crippen LogP contribution in [0.15, 0.2) is 33.7 Å². The van der Waals surface area contributed by atoms with Crippen molar-refractivity contribution in [1.82, 2.24) is 9.55 Å². The normalized spacial score (nSPS) is 14.3. The van der Waals surface area contributed by atoms with Crippen LogP contribution in [0.5, 0.6) is 5.75 Å². The lowest BCUT2D eigenvalue weighted by molar-refractivity contribution is 0.236. The number of aromatic nitrogens is 2. The zero-order valence-electron chi connectivity index (χ0n) is 15.6. The van der Waals surface area contributed by atoms with E-state index in [9.17, 15) is 10.1 Å². The fraction of sp³-hybridized carbons (Fsp3) is 0.450. The van der Waals surface area contributed by atoms with Crippen molar-refractivity contribution in [2.75, 3.05) is 18.0 Å². The van der Waals surface area contributed by atoms with Crippen molar-refractivity contribution in [3.63, 3.8) is 0 Å². The van der Waals surface area contributed by atoms with Crippen molar-refractivity contribution < 1.29 is 4.74 Å². The van der Waals surface area contributed by atoms with Crippen LogP contribution in [-0.4, -0.2) is 28.7 Å². The van der Waals surface area contributed by atoms with Gasteiger partial charge in [-0.25, -0.2) is 4.98 Å². The van der Waals surface area contributed by atoms with E-state index in [1.807, 2.05) is 26.0 Å². The molecule has 0 radical (unpaired) electrons. The van der Waals surface area contributed by atoms with Gasteiger partial charge in [-0.3, -0.25) is 9.36 Å². The fourth-order valence-corrected chi connectivity index (χ4v) is 3.67. The summed E-state index contributed by atoms with van der Waals surface area (Å²) >= 11 is 3.45. The average molecular weight is 431 g/mol. The van der Waals surface area contributed by atoms with Crippen molar-refractivity contribution in [2.24, 2.45) is 0 Å². The molecule has 3 rings (SSSR count).